The highest BCUT2D eigenvalue weighted by atomic mass is 16.1. The third-order valence-electron chi connectivity index (χ3n) is 6.32. The maximum atomic E-state index is 11.2. The van der Waals surface area contributed by atoms with Crippen molar-refractivity contribution in [3.63, 3.8) is 0 Å². The van der Waals surface area contributed by atoms with Crippen LogP contribution >= 0.6 is 0 Å². The number of hydrogen-bond donors (Lipinski definition) is 2. The number of amides is 1. The minimum atomic E-state index is -0.0276. The zero-order valence-corrected chi connectivity index (χ0v) is 13.5. The average molecular weight is 286 g/mol. The lowest BCUT2D eigenvalue weighted by Gasteiger charge is -2.40. The Balaban J connectivity index is 1.78. The molecule has 0 aromatic heterocycles. The molecule has 3 heteroatoms. The first-order valence-corrected chi connectivity index (χ1v) is 7.97. The van der Waals surface area contributed by atoms with Crippen LogP contribution in [0.15, 0.2) is 24.3 Å². The molecule has 114 valence electrons. The summed E-state index contributed by atoms with van der Waals surface area (Å²) in [5.74, 6) is 0.804. The van der Waals surface area contributed by atoms with E-state index in [2.05, 4.69) is 37.5 Å². The summed E-state index contributed by atoms with van der Waals surface area (Å²) >= 11 is 0. The topological polar surface area (TPSA) is 41.1 Å². The summed E-state index contributed by atoms with van der Waals surface area (Å²) in [5.41, 5.74) is 2.75. The van der Waals surface area contributed by atoms with Crippen LogP contribution in [0.3, 0.4) is 0 Å². The molecule has 21 heavy (non-hydrogen) atoms. The Kier molecular flexibility index (Phi) is 3.27. The van der Waals surface area contributed by atoms with Gasteiger partial charge in [0.1, 0.15) is 0 Å². The van der Waals surface area contributed by atoms with Gasteiger partial charge in [0.15, 0.2) is 0 Å². The number of nitrogens with one attached hydrogen (secondary N) is 2. The van der Waals surface area contributed by atoms with Crippen molar-refractivity contribution < 1.29 is 4.79 Å². The van der Waals surface area contributed by atoms with Gasteiger partial charge >= 0.3 is 0 Å². The molecule has 3 nitrogen and oxygen atoms in total. The molecule has 1 aromatic carbocycles. The Bertz CT molecular complexity index is 566. The van der Waals surface area contributed by atoms with Crippen molar-refractivity contribution in [2.24, 2.45) is 16.7 Å². The molecule has 3 rings (SSSR count). The molecule has 2 bridgehead atoms. The molecule has 2 N–H and O–H groups in total. The predicted octanol–water partition coefficient (Wildman–Crippen LogP) is 4.27. The standard InChI is InChI=1S/C18H26N2O/c1-12(21)19-14-6-5-7-15(11-14)20-16-10-13-8-9-18(16,4)17(13,2)3/h5-7,11,13,16,20H,8-10H2,1-4H3,(H,19,21). The van der Waals surface area contributed by atoms with Gasteiger partial charge in [0.05, 0.1) is 0 Å². The van der Waals surface area contributed by atoms with Crippen molar-refractivity contribution in [2.45, 2.75) is 53.0 Å². The Morgan fingerprint density at radius 3 is 2.52 bits per heavy atom. The molecule has 0 aliphatic heterocycles. The highest BCUT2D eigenvalue weighted by Gasteiger charge is 2.61. The lowest BCUT2D eigenvalue weighted by molar-refractivity contribution is -0.114. The minimum absolute atomic E-state index is 0.0276. The van der Waals surface area contributed by atoms with Gasteiger partial charge in [-0.2, -0.15) is 0 Å². The Morgan fingerprint density at radius 2 is 1.95 bits per heavy atom. The normalized spacial score (nSPS) is 33.0. The number of carbonyl (C=O) groups excluding carboxylic acids is 1. The molecule has 0 radical (unpaired) electrons. The van der Waals surface area contributed by atoms with Gasteiger partial charge in [0.25, 0.3) is 0 Å². The van der Waals surface area contributed by atoms with Crippen molar-refractivity contribution >= 4 is 17.3 Å². The fraction of sp³-hybridized carbons (Fsp3) is 0.611. The third-order valence-corrected chi connectivity index (χ3v) is 6.32. The molecular weight excluding hydrogens is 260 g/mol. The summed E-state index contributed by atoms with van der Waals surface area (Å²) < 4.78 is 0. The summed E-state index contributed by atoms with van der Waals surface area (Å²) in [6, 6.07) is 8.57. The van der Waals surface area contributed by atoms with E-state index in [1.165, 1.54) is 19.3 Å². The summed E-state index contributed by atoms with van der Waals surface area (Å²) in [6.07, 6.45) is 3.94. The second-order valence-electron chi connectivity index (χ2n) is 7.57. The van der Waals surface area contributed by atoms with E-state index in [9.17, 15) is 4.79 Å². The molecule has 3 unspecified atom stereocenters. The fourth-order valence-corrected chi connectivity index (χ4v) is 4.51. The van der Waals surface area contributed by atoms with Crippen LogP contribution in [0, 0.1) is 16.7 Å². The van der Waals surface area contributed by atoms with E-state index < -0.39 is 0 Å². The highest BCUT2D eigenvalue weighted by molar-refractivity contribution is 5.89. The van der Waals surface area contributed by atoms with Gasteiger partial charge in [-0.15, -0.1) is 0 Å². The number of benzene rings is 1. The summed E-state index contributed by atoms with van der Waals surface area (Å²) in [7, 11) is 0. The first kappa shape index (κ1) is 14.4. The largest absolute Gasteiger partial charge is 0.382 e. The number of rotatable bonds is 3. The van der Waals surface area contributed by atoms with Crippen LogP contribution in [-0.4, -0.2) is 11.9 Å². The molecule has 1 amide bonds. The van der Waals surface area contributed by atoms with Crippen LogP contribution in [0.1, 0.15) is 47.0 Å². The van der Waals surface area contributed by atoms with Gasteiger partial charge in [0, 0.05) is 24.3 Å². The Labute approximate surface area is 127 Å². The third kappa shape index (κ3) is 2.23. The van der Waals surface area contributed by atoms with Gasteiger partial charge in [-0.05, 0) is 54.2 Å². The smallest absolute Gasteiger partial charge is 0.221 e. The van der Waals surface area contributed by atoms with E-state index >= 15 is 0 Å². The zero-order chi connectivity index (χ0) is 15.3. The second-order valence-corrected chi connectivity index (χ2v) is 7.57. The Morgan fingerprint density at radius 1 is 1.24 bits per heavy atom. The lowest BCUT2D eigenvalue weighted by Crippen LogP contribution is -2.40. The summed E-state index contributed by atoms with van der Waals surface area (Å²) in [6.45, 7) is 8.84. The van der Waals surface area contributed by atoms with E-state index in [0.29, 0.717) is 16.9 Å². The van der Waals surface area contributed by atoms with Crippen molar-refractivity contribution in [2.75, 3.05) is 10.6 Å². The summed E-state index contributed by atoms with van der Waals surface area (Å²) in [5, 5.41) is 6.58. The van der Waals surface area contributed by atoms with Gasteiger partial charge in [-0.3, -0.25) is 4.79 Å². The molecule has 0 heterocycles. The van der Waals surface area contributed by atoms with Crippen LogP contribution in [-0.2, 0) is 4.79 Å². The van der Waals surface area contributed by atoms with Crippen LogP contribution < -0.4 is 10.6 Å². The lowest BCUT2D eigenvalue weighted by atomic mass is 9.69. The average Bonchev–Trinajstić information content (AvgIpc) is 2.71. The quantitative estimate of drug-likeness (QED) is 0.871. The predicted molar refractivity (Wildman–Crippen MR) is 87.4 cm³/mol. The molecule has 0 saturated heterocycles. The van der Waals surface area contributed by atoms with Crippen LogP contribution in [0.2, 0.25) is 0 Å². The van der Waals surface area contributed by atoms with E-state index in [-0.39, 0.29) is 5.91 Å². The van der Waals surface area contributed by atoms with Crippen molar-refractivity contribution in [3.05, 3.63) is 24.3 Å². The minimum Gasteiger partial charge on any atom is -0.382 e. The SMILES string of the molecule is CC(=O)Nc1cccc(NC2CC3CCC2(C)C3(C)C)c1. The molecule has 2 saturated carbocycles. The van der Waals surface area contributed by atoms with Crippen molar-refractivity contribution in [1.29, 1.82) is 0 Å². The van der Waals surface area contributed by atoms with Gasteiger partial charge in [-0.1, -0.05) is 26.8 Å². The number of fused-ring (bicyclic) bond motifs is 2. The van der Waals surface area contributed by atoms with E-state index in [1.807, 2.05) is 18.2 Å². The van der Waals surface area contributed by atoms with Gasteiger partial charge in [0.2, 0.25) is 5.91 Å². The first-order valence-electron chi connectivity index (χ1n) is 7.97. The molecule has 0 spiro atoms. The number of carbonyl (C=O) groups is 1. The molecule has 2 aliphatic carbocycles. The highest BCUT2D eigenvalue weighted by Crippen LogP contribution is 2.65. The van der Waals surface area contributed by atoms with Crippen molar-refractivity contribution in [1.82, 2.24) is 0 Å². The van der Waals surface area contributed by atoms with Crippen LogP contribution in [0.25, 0.3) is 0 Å². The second kappa shape index (κ2) is 4.75. The molecule has 3 atom stereocenters. The zero-order valence-electron chi connectivity index (χ0n) is 13.5. The number of anilines is 2. The first-order chi connectivity index (χ1) is 9.83. The number of hydrogen-bond acceptors (Lipinski definition) is 2. The monoisotopic (exact) mass is 286 g/mol. The fourth-order valence-electron chi connectivity index (χ4n) is 4.51. The molecule has 2 fully saturated rings. The molecular formula is C18H26N2O. The summed E-state index contributed by atoms with van der Waals surface area (Å²) in [4.78, 5) is 11.2. The van der Waals surface area contributed by atoms with Crippen LogP contribution in [0.5, 0.6) is 0 Å². The van der Waals surface area contributed by atoms with E-state index in [4.69, 9.17) is 0 Å². The maximum Gasteiger partial charge on any atom is 0.221 e. The molecule has 2 aliphatic rings. The van der Waals surface area contributed by atoms with Gasteiger partial charge < -0.3 is 10.6 Å². The maximum absolute atomic E-state index is 11.2. The Hall–Kier alpha value is -1.51. The van der Waals surface area contributed by atoms with E-state index in [0.717, 1.165) is 17.3 Å². The van der Waals surface area contributed by atoms with Crippen molar-refractivity contribution in [3.8, 4) is 0 Å². The van der Waals surface area contributed by atoms with Gasteiger partial charge in [-0.25, -0.2) is 0 Å². The van der Waals surface area contributed by atoms with Crippen LogP contribution in [0.4, 0.5) is 11.4 Å². The van der Waals surface area contributed by atoms with E-state index in [1.54, 1.807) is 6.92 Å². The molecule has 1 aromatic rings.